The van der Waals surface area contributed by atoms with Gasteiger partial charge in [-0.2, -0.15) is 0 Å². The zero-order valence-electron chi connectivity index (χ0n) is 10.0. The van der Waals surface area contributed by atoms with Crippen molar-refractivity contribution in [3.63, 3.8) is 0 Å². The molecule has 1 fully saturated rings. The van der Waals surface area contributed by atoms with Gasteiger partial charge in [0.15, 0.2) is 0 Å². The number of esters is 1. The number of hydrogen-bond donors (Lipinski definition) is 0. The lowest BCUT2D eigenvalue weighted by molar-refractivity contribution is -0.140. The van der Waals surface area contributed by atoms with Gasteiger partial charge in [-0.15, -0.1) is 0 Å². The van der Waals surface area contributed by atoms with Crippen LogP contribution in [0.4, 0.5) is 0 Å². The fourth-order valence-corrected chi connectivity index (χ4v) is 2.28. The molecule has 0 N–H and O–H groups in total. The van der Waals surface area contributed by atoms with E-state index in [9.17, 15) is 4.79 Å². The molecule has 0 radical (unpaired) electrons. The van der Waals surface area contributed by atoms with Crippen LogP contribution in [0.3, 0.4) is 0 Å². The Bertz CT molecular complexity index is 237. The third-order valence-electron chi connectivity index (χ3n) is 2.96. The van der Waals surface area contributed by atoms with Gasteiger partial charge in [-0.3, -0.25) is 4.79 Å². The Kier molecular flexibility index (Phi) is 6.38. The van der Waals surface area contributed by atoms with Crippen LogP contribution in [0.2, 0.25) is 0 Å². The second-order valence-corrected chi connectivity index (χ2v) is 4.70. The molecule has 0 saturated carbocycles. The highest BCUT2D eigenvalue weighted by atomic mass is 32.1. The van der Waals surface area contributed by atoms with Gasteiger partial charge in [-0.1, -0.05) is 12.2 Å². The normalized spacial score (nSPS) is 15.9. The summed E-state index contributed by atoms with van der Waals surface area (Å²) in [6, 6.07) is 0. The fourth-order valence-electron chi connectivity index (χ4n) is 1.95. The molecule has 0 bridgehead atoms. The van der Waals surface area contributed by atoms with Gasteiger partial charge < -0.3 is 9.64 Å². The maximum atomic E-state index is 10.9. The van der Waals surface area contributed by atoms with Crippen molar-refractivity contribution in [1.82, 2.24) is 4.90 Å². The van der Waals surface area contributed by atoms with E-state index < -0.39 is 0 Å². The molecule has 4 heteroatoms. The lowest BCUT2D eigenvalue weighted by Crippen LogP contribution is -2.34. The number of methoxy groups -OCH3 is 1. The summed E-state index contributed by atoms with van der Waals surface area (Å²) in [6.07, 6.45) is 7.18. The highest BCUT2D eigenvalue weighted by Gasteiger charge is 2.12. The van der Waals surface area contributed by atoms with Crippen LogP contribution in [0.15, 0.2) is 0 Å². The molecule has 0 aromatic carbocycles. The molecular formula is C12H21NO2S. The van der Waals surface area contributed by atoms with Crippen LogP contribution >= 0.6 is 12.2 Å². The molecule has 1 aliphatic rings. The summed E-state index contributed by atoms with van der Waals surface area (Å²) in [5, 5.41) is 0. The van der Waals surface area contributed by atoms with Crippen molar-refractivity contribution in [2.24, 2.45) is 0 Å². The third kappa shape index (κ3) is 4.92. The summed E-state index contributed by atoms with van der Waals surface area (Å²) >= 11 is 5.39. The molecule has 0 aromatic heterocycles. The van der Waals surface area contributed by atoms with Crippen molar-refractivity contribution in [2.45, 2.75) is 44.9 Å². The van der Waals surface area contributed by atoms with Gasteiger partial charge in [0.2, 0.25) is 0 Å². The van der Waals surface area contributed by atoms with Crippen LogP contribution < -0.4 is 0 Å². The van der Waals surface area contributed by atoms with E-state index in [2.05, 4.69) is 9.64 Å². The minimum Gasteiger partial charge on any atom is -0.469 e. The van der Waals surface area contributed by atoms with E-state index in [0.717, 1.165) is 37.3 Å². The second kappa shape index (κ2) is 7.60. The van der Waals surface area contributed by atoms with Gasteiger partial charge in [0.05, 0.1) is 12.1 Å². The molecule has 1 rings (SSSR count). The molecule has 0 aliphatic carbocycles. The maximum absolute atomic E-state index is 10.9. The summed E-state index contributed by atoms with van der Waals surface area (Å²) in [7, 11) is 1.43. The van der Waals surface area contributed by atoms with Gasteiger partial charge in [0, 0.05) is 19.5 Å². The summed E-state index contributed by atoms with van der Waals surface area (Å²) in [5.41, 5.74) is 0. The maximum Gasteiger partial charge on any atom is 0.305 e. The fraction of sp³-hybridized carbons (Fsp3) is 0.833. The van der Waals surface area contributed by atoms with Crippen LogP contribution in [0.25, 0.3) is 0 Å². The smallest absolute Gasteiger partial charge is 0.305 e. The van der Waals surface area contributed by atoms with Crippen LogP contribution in [-0.4, -0.2) is 36.1 Å². The molecule has 92 valence electrons. The number of carbonyl (C=O) groups is 1. The van der Waals surface area contributed by atoms with E-state index >= 15 is 0 Å². The largest absolute Gasteiger partial charge is 0.469 e. The standard InChI is InChI=1S/C12H21NO2S/c1-15-12(14)8-4-3-7-11(16)13-9-5-2-6-10-13/h2-10H2,1H3. The summed E-state index contributed by atoms with van der Waals surface area (Å²) in [5.74, 6) is -0.121. The quantitative estimate of drug-likeness (QED) is 0.421. The second-order valence-electron chi connectivity index (χ2n) is 4.22. The van der Waals surface area contributed by atoms with Crippen LogP contribution in [-0.2, 0) is 9.53 Å². The van der Waals surface area contributed by atoms with E-state index in [1.165, 1.54) is 26.4 Å². The van der Waals surface area contributed by atoms with Crippen molar-refractivity contribution in [3.05, 3.63) is 0 Å². The average Bonchev–Trinajstić information content (AvgIpc) is 2.35. The van der Waals surface area contributed by atoms with Gasteiger partial charge in [-0.25, -0.2) is 0 Å². The molecule has 3 nitrogen and oxygen atoms in total. The van der Waals surface area contributed by atoms with E-state index in [4.69, 9.17) is 12.2 Å². The van der Waals surface area contributed by atoms with Crippen LogP contribution in [0, 0.1) is 0 Å². The minimum absolute atomic E-state index is 0.121. The first kappa shape index (κ1) is 13.4. The summed E-state index contributed by atoms with van der Waals surface area (Å²) in [4.78, 5) is 14.3. The predicted molar refractivity (Wildman–Crippen MR) is 68.5 cm³/mol. The lowest BCUT2D eigenvalue weighted by atomic mass is 10.1. The van der Waals surface area contributed by atoms with E-state index in [1.54, 1.807) is 0 Å². The molecule has 0 aromatic rings. The van der Waals surface area contributed by atoms with Crippen molar-refractivity contribution in [1.29, 1.82) is 0 Å². The van der Waals surface area contributed by atoms with Crippen LogP contribution in [0.1, 0.15) is 44.9 Å². The number of likely N-dealkylation sites (tertiary alicyclic amines) is 1. The molecule has 16 heavy (non-hydrogen) atoms. The number of ether oxygens (including phenoxy) is 1. The number of piperidine rings is 1. The minimum atomic E-state index is -0.121. The zero-order valence-corrected chi connectivity index (χ0v) is 10.9. The van der Waals surface area contributed by atoms with Crippen molar-refractivity contribution in [2.75, 3.05) is 20.2 Å². The van der Waals surface area contributed by atoms with E-state index in [-0.39, 0.29) is 5.97 Å². The highest BCUT2D eigenvalue weighted by Crippen LogP contribution is 2.13. The number of nitrogens with zero attached hydrogens (tertiary/aromatic N) is 1. The molecule has 0 atom stereocenters. The van der Waals surface area contributed by atoms with Gasteiger partial charge in [0.1, 0.15) is 0 Å². The molecule has 0 spiro atoms. The van der Waals surface area contributed by atoms with E-state index in [1.807, 2.05) is 0 Å². The molecule has 1 heterocycles. The van der Waals surface area contributed by atoms with Crippen molar-refractivity contribution in [3.8, 4) is 0 Å². The topological polar surface area (TPSA) is 29.5 Å². The SMILES string of the molecule is COC(=O)CCCCC(=S)N1CCCCC1. The predicted octanol–water partition coefficient (Wildman–Crippen LogP) is 2.53. The Labute approximate surface area is 103 Å². The first-order valence-corrected chi connectivity index (χ1v) is 6.49. The summed E-state index contributed by atoms with van der Waals surface area (Å²) in [6.45, 7) is 2.24. The van der Waals surface area contributed by atoms with Crippen LogP contribution in [0.5, 0.6) is 0 Å². The average molecular weight is 243 g/mol. The number of unbranched alkanes of at least 4 members (excludes halogenated alkanes) is 1. The first-order valence-electron chi connectivity index (χ1n) is 6.08. The number of rotatable bonds is 5. The number of carbonyl (C=O) groups excluding carboxylic acids is 1. The third-order valence-corrected chi connectivity index (χ3v) is 3.42. The van der Waals surface area contributed by atoms with Gasteiger partial charge in [0.25, 0.3) is 0 Å². The molecule has 1 saturated heterocycles. The number of thiocarbonyl (C=S) groups is 1. The monoisotopic (exact) mass is 243 g/mol. The molecular weight excluding hydrogens is 222 g/mol. The zero-order chi connectivity index (χ0) is 11.8. The molecule has 1 aliphatic heterocycles. The van der Waals surface area contributed by atoms with Gasteiger partial charge >= 0.3 is 5.97 Å². The Balaban J connectivity index is 2.07. The Hall–Kier alpha value is -0.640. The summed E-state index contributed by atoms with van der Waals surface area (Å²) < 4.78 is 4.59. The number of hydrogen-bond acceptors (Lipinski definition) is 3. The van der Waals surface area contributed by atoms with E-state index in [0.29, 0.717) is 6.42 Å². The Morgan fingerprint density at radius 3 is 2.44 bits per heavy atom. The Morgan fingerprint density at radius 1 is 1.19 bits per heavy atom. The van der Waals surface area contributed by atoms with Gasteiger partial charge in [-0.05, 0) is 38.5 Å². The van der Waals surface area contributed by atoms with Crippen molar-refractivity contribution >= 4 is 23.2 Å². The van der Waals surface area contributed by atoms with Crippen molar-refractivity contribution < 1.29 is 9.53 Å². The highest BCUT2D eigenvalue weighted by molar-refractivity contribution is 7.80. The molecule has 0 unspecified atom stereocenters. The first-order chi connectivity index (χ1) is 7.74. The Morgan fingerprint density at radius 2 is 1.81 bits per heavy atom. The lowest BCUT2D eigenvalue weighted by Gasteiger charge is -2.29. The molecule has 0 amide bonds.